The van der Waals surface area contributed by atoms with Gasteiger partial charge in [-0.25, -0.2) is 4.52 Å². The van der Waals surface area contributed by atoms with Crippen LogP contribution in [0.2, 0.25) is 0 Å². The first kappa shape index (κ1) is 23.0. The fraction of sp³-hybridized carbons (Fsp3) is 0.286. The van der Waals surface area contributed by atoms with Gasteiger partial charge in [0.05, 0.1) is 23.5 Å². The molecule has 9 heteroatoms. The first-order chi connectivity index (χ1) is 17.9. The maximum atomic E-state index is 12.2. The number of nitrogens with zero attached hydrogens (tertiary/aromatic N) is 6. The van der Waals surface area contributed by atoms with Crippen molar-refractivity contribution in [2.24, 2.45) is 18.2 Å². The van der Waals surface area contributed by atoms with Crippen LogP contribution in [0.3, 0.4) is 0 Å². The Morgan fingerprint density at radius 3 is 2.35 bits per heavy atom. The molecule has 37 heavy (non-hydrogen) atoms. The molecular weight excluding hydrogens is 466 g/mol. The van der Waals surface area contributed by atoms with E-state index in [1.807, 2.05) is 30.5 Å². The van der Waals surface area contributed by atoms with Gasteiger partial charge in [-0.15, -0.1) is 0 Å². The normalized spacial score (nSPS) is 16.7. The number of fused-ring (bicyclic) bond motifs is 1. The van der Waals surface area contributed by atoms with Crippen molar-refractivity contribution in [2.75, 3.05) is 31.1 Å². The number of carbonyl (C=O) groups is 2. The first-order valence-corrected chi connectivity index (χ1v) is 12.4. The van der Waals surface area contributed by atoms with E-state index in [1.54, 1.807) is 9.20 Å². The summed E-state index contributed by atoms with van der Waals surface area (Å²) in [5, 5.41) is 8.70. The molecule has 0 unspecified atom stereocenters. The van der Waals surface area contributed by atoms with E-state index in [1.165, 1.54) is 18.0 Å². The van der Waals surface area contributed by atoms with Gasteiger partial charge in [0.1, 0.15) is 0 Å². The highest BCUT2D eigenvalue weighted by Crippen LogP contribution is 2.42. The molecule has 2 aliphatic heterocycles. The highest BCUT2D eigenvalue weighted by atomic mass is 16.2. The number of amides is 2. The third kappa shape index (κ3) is 3.96. The SMILES string of the molecule is C=CC(=O)N1CC2(CCN(c3ccc(-c4cc(-c5cnn(C)c5)cn5ncc(C(N)=O)c45)cc3)CC2)C1. The van der Waals surface area contributed by atoms with Gasteiger partial charge in [0.15, 0.2) is 0 Å². The Balaban J connectivity index is 1.27. The Morgan fingerprint density at radius 2 is 1.73 bits per heavy atom. The minimum Gasteiger partial charge on any atom is -0.371 e. The molecule has 1 aromatic carbocycles. The summed E-state index contributed by atoms with van der Waals surface area (Å²) in [6.45, 7) is 7.19. The van der Waals surface area contributed by atoms with E-state index in [0.717, 1.165) is 61.3 Å². The van der Waals surface area contributed by atoms with Crippen molar-refractivity contribution in [3.8, 4) is 22.3 Å². The van der Waals surface area contributed by atoms with Gasteiger partial charge in [-0.2, -0.15) is 10.2 Å². The van der Waals surface area contributed by atoms with E-state index < -0.39 is 5.91 Å². The molecule has 1 spiro atoms. The predicted molar refractivity (Wildman–Crippen MR) is 142 cm³/mol. The summed E-state index contributed by atoms with van der Waals surface area (Å²) in [5.41, 5.74) is 12.0. The van der Waals surface area contributed by atoms with Crippen LogP contribution in [0.15, 0.2) is 67.8 Å². The lowest BCUT2D eigenvalue weighted by Gasteiger charge is -2.54. The fourth-order valence-electron chi connectivity index (χ4n) is 5.71. The zero-order chi connectivity index (χ0) is 25.7. The van der Waals surface area contributed by atoms with Crippen molar-refractivity contribution in [2.45, 2.75) is 12.8 Å². The number of piperidine rings is 1. The van der Waals surface area contributed by atoms with Gasteiger partial charge < -0.3 is 15.5 Å². The van der Waals surface area contributed by atoms with Crippen molar-refractivity contribution in [3.63, 3.8) is 0 Å². The van der Waals surface area contributed by atoms with Crippen LogP contribution in [0.4, 0.5) is 5.69 Å². The van der Waals surface area contributed by atoms with Gasteiger partial charge in [0.25, 0.3) is 5.91 Å². The van der Waals surface area contributed by atoms with Crippen LogP contribution in [0.5, 0.6) is 0 Å². The van der Waals surface area contributed by atoms with Gasteiger partial charge in [-0.1, -0.05) is 18.7 Å². The number of aromatic nitrogens is 4. The lowest BCUT2D eigenvalue weighted by Crippen LogP contribution is -2.61. The molecule has 6 rings (SSSR count). The average molecular weight is 496 g/mol. The number of nitrogens with two attached hydrogens (primary N) is 1. The molecule has 2 aliphatic rings. The van der Waals surface area contributed by atoms with Crippen molar-refractivity contribution < 1.29 is 9.59 Å². The Hall–Kier alpha value is -4.40. The zero-order valence-corrected chi connectivity index (χ0v) is 20.8. The van der Waals surface area contributed by atoms with Crippen molar-refractivity contribution in [3.05, 3.63) is 73.3 Å². The molecule has 9 nitrogen and oxygen atoms in total. The maximum Gasteiger partial charge on any atom is 0.252 e. The number of benzene rings is 1. The van der Waals surface area contributed by atoms with Crippen LogP contribution < -0.4 is 10.6 Å². The standard InChI is InChI=1S/C28H29N7O2/c1-3-25(36)34-17-28(18-34)8-10-33(11-9-28)22-6-4-19(5-7-22)23-12-20(21-13-30-32(2)15-21)16-35-26(23)24(14-31-35)27(29)37/h3-7,12-16H,1,8-11,17-18H2,2H3,(H2,29,37). The second-order valence-corrected chi connectivity index (χ2v) is 10.2. The van der Waals surface area contributed by atoms with Gasteiger partial charge >= 0.3 is 0 Å². The Morgan fingerprint density at radius 1 is 1.00 bits per heavy atom. The number of pyridine rings is 1. The molecular formula is C28H29N7O2. The zero-order valence-electron chi connectivity index (χ0n) is 20.8. The van der Waals surface area contributed by atoms with E-state index in [4.69, 9.17) is 5.73 Å². The molecule has 0 aliphatic carbocycles. The number of likely N-dealkylation sites (tertiary alicyclic amines) is 1. The minimum absolute atomic E-state index is 0.0306. The molecule has 2 saturated heterocycles. The van der Waals surface area contributed by atoms with Crippen LogP contribution in [-0.2, 0) is 11.8 Å². The topological polar surface area (TPSA) is 102 Å². The summed E-state index contributed by atoms with van der Waals surface area (Å²) in [5.74, 6) is -0.475. The lowest BCUT2D eigenvalue weighted by atomic mass is 9.72. The van der Waals surface area contributed by atoms with Crippen molar-refractivity contribution in [1.29, 1.82) is 0 Å². The maximum absolute atomic E-state index is 12.2. The molecule has 0 radical (unpaired) electrons. The Kier molecular flexibility index (Phi) is 5.36. The lowest BCUT2D eigenvalue weighted by molar-refractivity contribution is -0.139. The second-order valence-electron chi connectivity index (χ2n) is 10.2. The summed E-state index contributed by atoms with van der Waals surface area (Å²) >= 11 is 0. The quantitative estimate of drug-likeness (QED) is 0.429. The van der Waals surface area contributed by atoms with E-state index in [9.17, 15) is 9.59 Å². The summed E-state index contributed by atoms with van der Waals surface area (Å²) < 4.78 is 3.47. The number of primary amides is 1. The smallest absolute Gasteiger partial charge is 0.252 e. The van der Waals surface area contributed by atoms with Crippen LogP contribution in [0, 0.1) is 5.41 Å². The van der Waals surface area contributed by atoms with E-state index in [2.05, 4.69) is 52.0 Å². The Bertz CT molecular complexity index is 1520. The minimum atomic E-state index is -0.506. The molecule has 4 aromatic rings. The van der Waals surface area contributed by atoms with Gasteiger partial charge in [0, 0.05) is 73.4 Å². The molecule has 0 atom stereocenters. The molecule has 5 heterocycles. The monoisotopic (exact) mass is 495 g/mol. The molecule has 188 valence electrons. The number of hydrogen-bond donors (Lipinski definition) is 1. The van der Waals surface area contributed by atoms with Crippen molar-refractivity contribution in [1.82, 2.24) is 24.3 Å². The number of rotatable bonds is 5. The van der Waals surface area contributed by atoms with Crippen LogP contribution in [-0.4, -0.2) is 62.3 Å². The summed E-state index contributed by atoms with van der Waals surface area (Å²) in [4.78, 5) is 28.3. The largest absolute Gasteiger partial charge is 0.371 e. The number of aryl methyl sites for hydroxylation is 1. The average Bonchev–Trinajstić information content (AvgIpc) is 3.53. The van der Waals surface area contributed by atoms with Crippen LogP contribution >= 0.6 is 0 Å². The number of carbonyl (C=O) groups excluding carboxylic acids is 2. The molecule has 0 saturated carbocycles. The van der Waals surface area contributed by atoms with Gasteiger partial charge in [-0.05, 0) is 42.7 Å². The van der Waals surface area contributed by atoms with Crippen LogP contribution in [0.1, 0.15) is 23.2 Å². The second kappa shape index (κ2) is 8.62. The highest BCUT2D eigenvalue weighted by Gasteiger charge is 2.46. The fourth-order valence-corrected chi connectivity index (χ4v) is 5.71. The van der Waals surface area contributed by atoms with Crippen molar-refractivity contribution >= 4 is 23.0 Å². The van der Waals surface area contributed by atoms with Gasteiger partial charge in [0.2, 0.25) is 5.91 Å². The molecule has 2 N–H and O–H groups in total. The molecule has 3 aromatic heterocycles. The Labute approximate surface area is 214 Å². The summed E-state index contributed by atoms with van der Waals surface area (Å²) in [6.07, 6.45) is 10.7. The summed E-state index contributed by atoms with van der Waals surface area (Å²) in [6, 6.07) is 10.5. The third-order valence-corrected chi connectivity index (χ3v) is 7.82. The molecule has 2 fully saturated rings. The number of anilines is 1. The third-order valence-electron chi connectivity index (χ3n) is 7.82. The summed E-state index contributed by atoms with van der Waals surface area (Å²) in [7, 11) is 1.88. The molecule has 0 bridgehead atoms. The van der Waals surface area contributed by atoms with E-state index in [-0.39, 0.29) is 11.3 Å². The van der Waals surface area contributed by atoms with E-state index in [0.29, 0.717) is 11.1 Å². The predicted octanol–water partition coefficient (Wildman–Crippen LogP) is 3.12. The first-order valence-electron chi connectivity index (χ1n) is 12.4. The molecule has 2 amide bonds. The van der Waals surface area contributed by atoms with Gasteiger partial charge in [-0.3, -0.25) is 14.3 Å². The highest BCUT2D eigenvalue weighted by molar-refractivity contribution is 6.04. The van der Waals surface area contributed by atoms with E-state index >= 15 is 0 Å². The van der Waals surface area contributed by atoms with Crippen LogP contribution in [0.25, 0.3) is 27.8 Å². The number of hydrogen-bond acceptors (Lipinski definition) is 5.